The lowest BCUT2D eigenvalue weighted by Crippen LogP contribution is -2.50. The van der Waals surface area contributed by atoms with E-state index in [4.69, 9.17) is 0 Å². The summed E-state index contributed by atoms with van der Waals surface area (Å²) in [6.07, 6.45) is 3.01. The zero-order chi connectivity index (χ0) is 16.5. The van der Waals surface area contributed by atoms with E-state index in [1.165, 1.54) is 0 Å². The number of β-amino-alcohol motifs (C(OH)–C–C–N with tert-alkyl or cyclic N) is 1. The second kappa shape index (κ2) is 5.90. The number of hydrogen-bond acceptors (Lipinski definition) is 5. The van der Waals surface area contributed by atoms with Gasteiger partial charge in [0, 0.05) is 36.6 Å². The number of rotatable bonds is 3. The number of nitrogens with zero attached hydrogens (tertiary/aromatic N) is 3. The molecule has 1 aliphatic heterocycles. The lowest BCUT2D eigenvalue weighted by Gasteiger charge is -2.37. The molecule has 4 rings (SSSR count). The molecule has 0 spiro atoms. The van der Waals surface area contributed by atoms with Crippen LogP contribution in [0.3, 0.4) is 0 Å². The van der Waals surface area contributed by atoms with Gasteiger partial charge in [-0.1, -0.05) is 18.2 Å². The van der Waals surface area contributed by atoms with Crippen LogP contribution >= 0.6 is 0 Å². The van der Waals surface area contributed by atoms with Crippen LogP contribution in [0.25, 0.3) is 10.9 Å². The van der Waals surface area contributed by atoms with E-state index in [0.29, 0.717) is 24.5 Å². The minimum Gasteiger partial charge on any atom is -0.389 e. The molecule has 1 aromatic carbocycles. The summed E-state index contributed by atoms with van der Waals surface area (Å²) in [5.74, 6) is -0.281. The summed E-state index contributed by atoms with van der Waals surface area (Å²) in [6, 6.07) is 13.0. The van der Waals surface area contributed by atoms with Crippen LogP contribution in [0.1, 0.15) is 10.5 Å². The topological polar surface area (TPSA) is 78.4 Å². The average Bonchev–Trinajstić information content (AvgIpc) is 2.59. The minimum absolute atomic E-state index is 0.281. The second-order valence-corrected chi connectivity index (χ2v) is 5.79. The highest BCUT2D eigenvalue weighted by Gasteiger charge is 2.25. The van der Waals surface area contributed by atoms with Crippen molar-refractivity contribution in [2.24, 2.45) is 0 Å². The van der Waals surface area contributed by atoms with E-state index >= 15 is 0 Å². The molecule has 2 aromatic heterocycles. The molecule has 0 bridgehead atoms. The number of aromatic nitrogens is 2. The van der Waals surface area contributed by atoms with Gasteiger partial charge in [-0.25, -0.2) is 0 Å². The number of aliphatic hydroxyl groups is 1. The first-order valence-corrected chi connectivity index (χ1v) is 7.75. The van der Waals surface area contributed by atoms with E-state index in [-0.39, 0.29) is 12.0 Å². The highest BCUT2D eigenvalue weighted by Crippen LogP contribution is 2.23. The zero-order valence-corrected chi connectivity index (χ0v) is 12.9. The Balaban J connectivity index is 1.59. The SMILES string of the molecule is O=C(Nc1cccc2cccnc12)c1cc(N2CC(O)C2)ccn1. The summed E-state index contributed by atoms with van der Waals surface area (Å²) in [6.45, 7) is 1.16. The van der Waals surface area contributed by atoms with Crippen molar-refractivity contribution in [2.45, 2.75) is 6.10 Å². The van der Waals surface area contributed by atoms with Crippen molar-refractivity contribution in [3.05, 3.63) is 60.6 Å². The standard InChI is InChI=1S/C18H16N4O2/c23-14-10-22(11-14)13-6-8-19-16(9-13)18(24)21-15-5-1-3-12-4-2-7-20-17(12)15/h1-9,14,23H,10-11H2,(H,21,24). The fraction of sp³-hybridized carbons (Fsp3) is 0.167. The Labute approximate surface area is 138 Å². The van der Waals surface area contributed by atoms with Crippen LogP contribution in [0.4, 0.5) is 11.4 Å². The molecule has 1 amide bonds. The van der Waals surface area contributed by atoms with Crippen LogP contribution in [-0.2, 0) is 0 Å². The van der Waals surface area contributed by atoms with E-state index in [1.807, 2.05) is 41.3 Å². The summed E-state index contributed by atoms with van der Waals surface area (Å²) >= 11 is 0. The van der Waals surface area contributed by atoms with Crippen molar-refractivity contribution < 1.29 is 9.90 Å². The van der Waals surface area contributed by atoms with Crippen LogP contribution in [0, 0.1) is 0 Å². The van der Waals surface area contributed by atoms with Gasteiger partial charge in [0.15, 0.2) is 0 Å². The molecule has 3 aromatic rings. The van der Waals surface area contributed by atoms with Gasteiger partial charge < -0.3 is 15.3 Å². The Bertz CT molecular complexity index is 901. The van der Waals surface area contributed by atoms with Crippen LogP contribution in [0.2, 0.25) is 0 Å². The third-order valence-electron chi connectivity index (χ3n) is 4.08. The van der Waals surface area contributed by atoms with Crippen molar-refractivity contribution in [1.29, 1.82) is 0 Å². The number of fused-ring (bicyclic) bond motifs is 1. The second-order valence-electron chi connectivity index (χ2n) is 5.79. The number of aliphatic hydroxyl groups excluding tert-OH is 1. The maximum atomic E-state index is 12.5. The maximum absolute atomic E-state index is 12.5. The van der Waals surface area contributed by atoms with Gasteiger partial charge in [-0.05, 0) is 24.3 Å². The maximum Gasteiger partial charge on any atom is 0.274 e. The number of carbonyl (C=O) groups is 1. The van der Waals surface area contributed by atoms with E-state index in [9.17, 15) is 9.90 Å². The predicted octanol–water partition coefficient (Wildman–Crippen LogP) is 2.06. The zero-order valence-electron chi connectivity index (χ0n) is 12.9. The van der Waals surface area contributed by atoms with Gasteiger partial charge >= 0.3 is 0 Å². The highest BCUT2D eigenvalue weighted by molar-refractivity contribution is 6.07. The van der Waals surface area contributed by atoms with Gasteiger partial charge in [0.25, 0.3) is 5.91 Å². The first kappa shape index (κ1) is 14.6. The summed E-state index contributed by atoms with van der Waals surface area (Å²) in [5, 5.41) is 13.3. The third-order valence-corrected chi connectivity index (χ3v) is 4.08. The number of para-hydroxylation sites is 1. The van der Waals surface area contributed by atoms with E-state index < -0.39 is 0 Å². The molecular formula is C18H16N4O2. The molecule has 2 N–H and O–H groups in total. The molecular weight excluding hydrogens is 304 g/mol. The molecule has 0 unspecified atom stereocenters. The molecule has 3 heterocycles. The monoisotopic (exact) mass is 320 g/mol. The van der Waals surface area contributed by atoms with E-state index in [0.717, 1.165) is 16.6 Å². The number of amides is 1. The number of nitrogens with one attached hydrogen (secondary N) is 1. The number of hydrogen-bond donors (Lipinski definition) is 2. The Kier molecular flexibility index (Phi) is 3.59. The molecule has 120 valence electrons. The fourth-order valence-electron chi connectivity index (χ4n) is 2.80. The summed E-state index contributed by atoms with van der Waals surface area (Å²) in [4.78, 5) is 23.0. The molecule has 1 fully saturated rings. The molecule has 24 heavy (non-hydrogen) atoms. The predicted molar refractivity (Wildman–Crippen MR) is 92.2 cm³/mol. The molecule has 0 radical (unpaired) electrons. The summed E-state index contributed by atoms with van der Waals surface area (Å²) in [7, 11) is 0. The molecule has 1 saturated heterocycles. The first-order chi connectivity index (χ1) is 11.7. The van der Waals surface area contributed by atoms with E-state index in [1.54, 1.807) is 18.5 Å². The number of pyridine rings is 2. The van der Waals surface area contributed by atoms with Crippen LogP contribution in [0.15, 0.2) is 54.9 Å². The van der Waals surface area contributed by atoms with Gasteiger partial charge in [0.2, 0.25) is 0 Å². The highest BCUT2D eigenvalue weighted by atomic mass is 16.3. The number of carbonyl (C=O) groups excluding carboxylic acids is 1. The quantitative estimate of drug-likeness (QED) is 0.772. The first-order valence-electron chi connectivity index (χ1n) is 7.75. The van der Waals surface area contributed by atoms with Crippen LogP contribution in [0.5, 0.6) is 0 Å². The molecule has 0 aliphatic carbocycles. The fourth-order valence-corrected chi connectivity index (χ4v) is 2.80. The van der Waals surface area contributed by atoms with Crippen molar-refractivity contribution >= 4 is 28.2 Å². The molecule has 6 heteroatoms. The molecule has 6 nitrogen and oxygen atoms in total. The van der Waals surface area contributed by atoms with Crippen molar-refractivity contribution in [1.82, 2.24) is 9.97 Å². The molecule has 0 atom stereocenters. The lowest BCUT2D eigenvalue weighted by molar-refractivity contribution is 0.102. The van der Waals surface area contributed by atoms with Crippen molar-refractivity contribution in [3.8, 4) is 0 Å². The number of benzene rings is 1. The molecule has 0 saturated carbocycles. The van der Waals surface area contributed by atoms with Gasteiger partial charge in [-0.2, -0.15) is 0 Å². The largest absolute Gasteiger partial charge is 0.389 e. The van der Waals surface area contributed by atoms with Crippen molar-refractivity contribution in [2.75, 3.05) is 23.3 Å². The minimum atomic E-state index is -0.294. The lowest BCUT2D eigenvalue weighted by atomic mass is 10.1. The Hall–Kier alpha value is -2.99. The Morgan fingerprint density at radius 2 is 1.96 bits per heavy atom. The van der Waals surface area contributed by atoms with Gasteiger partial charge in [0.1, 0.15) is 5.69 Å². The van der Waals surface area contributed by atoms with Crippen LogP contribution < -0.4 is 10.2 Å². The summed E-state index contributed by atoms with van der Waals surface area (Å²) in [5.41, 5.74) is 2.62. The number of anilines is 2. The Morgan fingerprint density at radius 3 is 2.79 bits per heavy atom. The summed E-state index contributed by atoms with van der Waals surface area (Å²) < 4.78 is 0. The van der Waals surface area contributed by atoms with Crippen molar-refractivity contribution in [3.63, 3.8) is 0 Å². The van der Waals surface area contributed by atoms with Gasteiger partial charge in [-0.15, -0.1) is 0 Å². The van der Waals surface area contributed by atoms with Gasteiger partial charge in [-0.3, -0.25) is 14.8 Å². The smallest absolute Gasteiger partial charge is 0.274 e. The van der Waals surface area contributed by atoms with Crippen LogP contribution in [-0.4, -0.2) is 40.2 Å². The average molecular weight is 320 g/mol. The molecule has 1 aliphatic rings. The van der Waals surface area contributed by atoms with Gasteiger partial charge in [0.05, 0.1) is 17.3 Å². The van der Waals surface area contributed by atoms with E-state index in [2.05, 4.69) is 15.3 Å². The Morgan fingerprint density at radius 1 is 1.12 bits per heavy atom. The normalized spacial score (nSPS) is 14.5. The third kappa shape index (κ3) is 2.68.